The predicted molar refractivity (Wildman–Crippen MR) is 106 cm³/mol. The molecule has 3 nitrogen and oxygen atoms in total. The van der Waals surface area contributed by atoms with Crippen molar-refractivity contribution in [3.05, 3.63) is 90.2 Å². The van der Waals surface area contributed by atoms with E-state index in [1.165, 1.54) is 41.4 Å². The van der Waals surface area contributed by atoms with Gasteiger partial charge in [-0.25, -0.2) is 4.39 Å². The topological polar surface area (TPSA) is 42.9 Å². The molecule has 3 aromatic carbocycles. The van der Waals surface area contributed by atoms with Gasteiger partial charge in [0.1, 0.15) is 10.8 Å². The molecule has 0 fully saturated rings. The minimum absolute atomic E-state index is 0.0691. The first-order valence-corrected chi connectivity index (χ1v) is 9.42. The van der Waals surface area contributed by atoms with Gasteiger partial charge in [0.25, 0.3) is 0 Å². The number of thioether (sulfide) groups is 1. The lowest BCUT2D eigenvalue weighted by molar-refractivity contribution is 0.102. The van der Waals surface area contributed by atoms with Gasteiger partial charge in [-0.2, -0.15) is 0 Å². The third kappa shape index (κ3) is 4.04. The summed E-state index contributed by atoms with van der Waals surface area (Å²) in [5.41, 5.74) is 2.28. The summed E-state index contributed by atoms with van der Waals surface area (Å²) in [7, 11) is 0. The van der Waals surface area contributed by atoms with Crippen molar-refractivity contribution in [1.82, 2.24) is 10.2 Å². The van der Waals surface area contributed by atoms with E-state index in [0.717, 1.165) is 16.6 Å². The highest BCUT2D eigenvalue weighted by molar-refractivity contribution is 7.99. The third-order valence-electron chi connectivity index (χ3n) is 4.20. The van der Waals surface area contributed by atoms with Crippen LogP contribution < -0.4 is 0 Å². The zero-order chi connectivity index (χ0) is 18.6. The molecule has 132 valence electrons. The Bertz CT molecular complexity index is 1100. The number of aromatic nitrogens is 2. The van der Waals surface area contributed by atoms with E-state index < -0.39 is 0 Å². The van der Waals surface area contributed by atoms with Crippen LogP contribution in [0, 0.1) is 5.82 Å². The number of carbonyl (C=O) groups excluding carboxylic acids is 1. The van der Waals surface area contributed by atoms with Gasteiger partial charge in [0.2, 0.25) is 0 Å². The first kappa shape index (κ1) is 17.4. The number of halogens is 1. The van der Waals surface area contributed by atoms with Crippen LogP contribution in [-0.4, -0.2) is 21.7 Å². The Labute approximate surface area is 160 Å². The Kier molecular flexibility index (Phi) is 4.94. The molecule has 1 heterocycles. The van der Waals surface area contributed by atoms with Crippen molar-refractivity contribution in [1.29, 1.82) is 0 Å². The second-order valence-electron chi connectivity index (χ2n) is 6.04. The smallest absolute Gasteiger partial charge is 0.173 e. The number of rotatable bonds is 5. The maximum atomic E-state index is 12.9. The quantitative estimate of drug-likeness (QED) is 0.346. The van der Waals surface area contributed by atoms with Crippen molar-refractivity contribution in [2.24, 2.45) is 0 Å². The maximum absolute atomic E-state index is 12.9. The standard InChI is InChI=1S/C22H15FN2OS/c23-19-9-7-16(8-10-19)21(26)14-27-22-12-11-20(24-25-22)18-6-5-15-3-1-2-4-17(15)13-18/h1-13H,14H2. The molecule has 0 saturated heterocycles. The molecule has 0 aliphatic heterocycles. The predicted octanol–water partition coefficient (Wildman–Crippen LogP) is 5.41. The molecule has 5 heteroatoms. The Morgan fingerprint density at radius 1 is 0.852 bits per heavy atom. The average molecular weight is 374 g/mol. The van der Waals surface area contributed by atoms with E-state index in [9.17, 15) is 9.18 Å². The van der Waals surface area contributed by atoms with E-state index in [1.807, 2.05) is 30.3 Å². The highest BCUT2D eigenvalue weighted by Gasteiger charge is 2.08. The van der Waals surface area contributed by atoms with Gasteiger partial charge in [-0.3, -0.25) is 4.79 Å². The molecule has 4 rings (SSSR count). The van der Waals surface area contributed by atoms with Crippen LogP contribution in [0.3, 0.4) is 0 Å². The first-order valence-electron chi connectivity index (χ1n) is 8.43. The molecule has 0 radical (unpaired) electrons. The third-order valence-corrected chi connectivity index (χ3v) is 5.12. The molecule has 27 heavy (non-hydrogen) atoms. The number of ketones is 1. The fourth-order valence-electron chi connectivity index (χ4n) is 2.76. The minimum atomic E-state index is -0.352. The van der Waals surface area contributed by atoms with Gasteiger partial charge >= 0.3 is 0 Å². The van der Waals surface area contributed by atoms with E-state index in [4.69, 9.17) is 0 Å². The summed E-state index contributed by atoms with van der Waals surface area (Å²) in [6.07, 6.45) is 0. The second-order valence-corrected chi connectivity index (χ2v) is 7.03. The molecule has 4 aromatic rings. The number of carbonyl (C=O) groups is 1. The Morgan fingerprint density at radius 2 is 1.63 bits per heavy atom. The fraction of sp³-hybridized carbons (Fsp3) is 0.0455. The van der Waals surface area contributed by atoms with Crippen LogP contribution in [0.4, 0.5) is 4.39 Å². The minimum Gasteiger partial charge on any atom is -0.293 e. The van der Waals surface area contributed by atoms with Gasteiger partial charge < -0.3 is 0 Å². The maximum Gasteiger partial charge on any atom is 0.173 e. The molecule has 0 saturated carbocycles. The van der Waals surface area contributed by atoms with Crippen LogP contribution >= 0.6 is 11.8 Å². The molecular weight excluding hydrogens is 359 g/mol. The number of nitrogens with zero attached hydrogens (tertiary/aromatic N) is 2. The Hall–Kier alpha value is -3.05. The molecule has 0 aliphatic rings. The van der Waals surface area contributed by atoms with Gasteiger partial charge in [0.05, 0.1) is 11.4 Å². The molecule has 0 bridgehead atoms. The Morgan fingerprint density at radius 3 is 2.37 bits per heavy atom. The molecule has 1 aromatic heterocycles. The van der Waals surface area contributed by atoms with E-state index in [2.05, 4.69) is 34.5 Å². The lowest BCUT2D eigenvalue weighted by Crippen LogP contribution is -2.02. The summed E-state index contributed by atoms with van der Waals surface area (Å²) < 4.78 is 12.9. The lowest BCUT2D eigenvalue weighted by Gasteiger charge is -2.04. The molecular formula is C22H15FN2OS. The summed E-state index contributed by atoms with van der Waals surface area (Å²) in [6.45, 7) is 0. The number of hydrogen-bond donors (Lipinski definition) is 0. The molecule has 0 aliphatic carbocycles. The fourth-order valence-corrected chi connectivity index (χ4v) is 3.47. The zero-order valence-corrected chi connectivity index (χ0v) is 15.1. The highest BCUT2D eigenvalue weighted by Crippen LogP contribution is 2.24. The van der Waals surface area contributed by atoms with Crippen LogP contribution in [0.5, 0.6) is 0 Å². The van der Waals surface area contributed by atoms with Crippen LogP contribution in [0.1, 0.15) is 10.4 Å². The van der Waals surface area contributed by atoms with Crippen LogP contribution in [0.25, 0.3) is 22.0 Å². The van der Waals surface area contributed by atoms with Crippen molar-refractivity contribution in [3.63, 3.8) is 0 Å². The summed E-state index contributed by atoms with van der Waals surface area (Å²) in [5.74, 6) is -0.190. The van der Waals surface area contributed by atoms with E-state index in [1.54, 1.807) is 0 Å². The monoisotopic (exact) mass is 374 g/mol. The molecule has 0 unspecified atom stereocenters. The normalized spacial score (nSPS) is 10.9. The molecule has 0 amide bonds. The number of benzene rings is 3. The number of Topliss-reactive ketones (excluding diaryl/α,β-unsaturated/α-hetero) is 1. The van der Waals surface area contributed by atoms with E-state index in [-0.39, 0.29) is 17.4 Å². The van der Waals surface area contributed by atoms with Gasteiger partial charge in [-0.1, -0.05) is 48.2 Å². The SMILES string of the molecule is O=C(CSc1ccc(-c2ccc3ccccc3c2)nn1)c1ccc(F)cc1. The van der Waals surface area contributed by atoms with Crippen LogP contribution in [-0.2, 0) is 0 Å². The van der Waals surface area contributed by atoms with Gasteiger partial charge in [0, 0.05) is 11.1 Å². The largest absolute Gasteiger partial charge is 0.293 e. The van der Waals surface area contributed by atoms with Crippen molar-refractivity contribution in [2.75, 3.05) is 5.75 Å². The molecule has 0 N–H and O–H groups in total. The van der Waals surface area contributed by atoms with Crippen LogP contribution in [0.15, 0.2) is 83.9 Å². The summed E-state index contributed by atoms with van der Waals surface area (Å²) in [5, 5.41) is 11.5. The van der Waals surface area contributed by atoms with Crippen molar-refractivity contribution in [2.45, 2.75) is 5.03 Å². The van der Waals surface area contributed by atoms with Gasteiger partial charge in [0.15, 0.2) is 5.78 Å². The van der Waals surface area contributed by atoms with Gasteiger partial charge in [-0.15, -0.1) is 10.2 Å². The number of hydrogen-bond acceptors (Lipinski definition) is 4. The lowest BCUT2D eigenvalue weighted by atomic mass is 10.1. The summed E-state index contributed by atoms with van der Waals surface area (Å²) in [4.78, 5) is 12.2. The first-order chi connectivity index (χ1) is 13.2. The number of fused-ring (bicyclic) bond motifs is 1. The average Bonchev–Trinajstić information content (AvgIpc) is 2.72. The second kappa shape index (κ2) is 7.68. The highest BCUT2D eigenvalue weighted by atomic mass is 32.2. The van der Waals surface area contributed by atoms with E-state index >= 15 is 0 Å². The van der Waals surface area contributed by atoms with E-state index in [0.29, 0.717) is 10.6 Å². The van der Waals surface area contributed by atoms with Crippen molar-refractivity contribution >= 4 is 28.3 Å². The van der Waals surface area contributed by atoms with Gasteiger partial charge in [-0.05, 0) is 53.2 Å². The Balaban J connectivity index is 1.45. The zero-order valence-electron chi connectivity index (χ0n) is 14.3. The van der Waals surface area contributed by atoms with Crippen LogP contribution in [0.2, 0.25) is 0 Å². The molecule has 0 atom stereocenters. The van der Waals surface area contributed by atoms with Crippen molar-refractivity contribution in [3.8, 4) is 11.3 Å². The molecule has 0 spiro atoms. The summed E-state index contributed by atoms with van der Waals surface area (Å²) in [6, 6.07) is 23.7. The summed E-state index contributed by atoms with van der Waals surface area (Å²) >= 11 is 1.32. The van der Waals surface area contributed by atoms with Crippen molar-refractivity contribution < 1.29 is 9.18 Å².